The summed E-state index contributed by atoms with van der Waals surface area (Å²) in [5.41, 5.74) is 0.722. The third-order valence-electron chi connectivity index (χ3n) is 2.29. The monoisotopic (exact) mass is 253 g/mol. The first-order chi connectivity index (χ1) is 8.04. The van der Waals surface area contributed by atoms with Crippen molar-refractivity contribution in [1.82, 2.24) is 4.90 Å². The van der Waals surface area contributed by atoms with E-state index in [4.69, 9.17) is 16.9 Å². The molecule has 0 aliphatic heterocycles. The Morgan fingerprint density at radius 3 is 2.88 bits per heavy atom. The molecule has 0 aliphatic rings. The van der Waals surface area contributed by atoms with E-state index in [-0.39, 0.29) is 5.69 Å². The number of nitriles is 1. The summed E-state index contributed by atoms with van der Waals surface area (Å²) >= 11 is 5.96. The van der Waals surface area contributed by atoms with Crippen molar-refractivity contribution in [3.63, 3.8) is 0 Å². The molecule has 0 saturated carbocycles. The Bertz CT molecular complexity index is 457. The van der Waals surface area contributed by atoms with Gasteiger partial charge in [0.1, 0.15) is 0 Å². The number of nitro benzene ring substituents is 1. The van der Waals surface area contributed by atoms with Crippen LogP contribution in [0.15, 0.2) is 18.2 Å². The van der Waals surface area contributed by atoms with Crippen molar-refractivity contribution in [3.05, 3.63) is 38.9 Å². The van der Waals surface area contributed by atoms with E-state index in [1.54, 1.807) is 0 Å². The molecule has 1 rings (SSSR count). The number of hydrogen-bond donors (Lipinski definition) is 0. The van der Waals surface area contributed by atoms with Gasteiger partial charge in [0, 0.05) is 36.7 Å². The smallest absolute Gasteiger partial charge is 0.269 e. The maximum Gasteiger partial charge on any atom is 0.269 e. The second-order valence-corrected chi connectivity index (χ2v) is 4.09. The fraction of sp³-hybridized carbons (Fsp3) is 0.364. The minimum Gasteiger partial charge on any atom is -0.301 e. The molecule has 0 radical (unpaired) electrons. The van der Waals surface area contributed by atoms with Gasteiger partial charge in [0.05, 0.1) is 11.0 Å². The van der Waals surface area contributed by atoms with Crippen LogP contribution in [0, 0.1) is 21.4 Å². The number of rotatable bonds is 5. The lowest BCUT2D eigenvalue weighted by molar-refractivity contribution is -0.384. The highest BCUT2D eigenvalue weighted by Crippen LogP contribution is 2.23. The minimum atomic E-state index is -0.449. The predicted octanol–water partition coefficient (Wildman–Crippen LogP) is 2.59. The summed E-state index contributed by atoms with van der Waals surface area (Å²) in [5.74, 6) is 0. The molecular formula is C11H12ClN3O2. The molecule has 0 aliphatic carbocycles. The summed E-state index contributed by atoms with van der Waals surface area (Å²) in [6.07, 6.45) is 0.420. The summed E-state index contributed by atoms with van der Waals surface area (Å²) in [7, 11) is 1.84. The lowest BCUT2D eigenvalue weighted by Crippen LogP contribution is -2.19. The van der Waals surface area contributed by atoms with Gasteiger partial charge in [0.15, 0.2) is 0 Å². The van der Waals surface area contributed by atoms with Crippen LogP contribution in [0.5, 0.6) is 0 Å². The van der Waals surface area contributed by atoms with Gasteiger partial charge in [-0.25, -0.2) is 0 Å². The van der Waals surface area contributed by atoms with Gasteiger partial charge in [-0.1, -0.05) is 11.6 Å². The third kappa shape index (κ3) is 4.02. The van der Waals surface area contributed by atoms with E-state index in [1.165, 1.54) is 18.2 Å². The van der Waals surface area contributed by atoms with E-state index < -0.39 is 4.92 Å². The molecule has 90 valence electrons. The molecule has 0 unspecified atom stereocenters. The Morgan fingerprint density at radius 2 is 2.29 bits per heavy atom. The molecule has 0 amide bonds. The van der Waals surface area contributed by atoms with Crippen LogP contribution in [-0.2, 0) is 6.54 Å². The molecule has 6 heteroatoms. The molecular weight excluding hydrogens is 242 g/mol. The molecule has 0 fully saturated rings. The number of halogens is 1. The zero-order chi connectivity index (χ0) is 12.8. The minimum absolute atomic E-state index is 0.0260. The summed E-state index contributed by atoms with van der Waals surface area (Å²) in [5, 5.41) is 19.6. The quantitative estimate of drug-likeness (QED) is 0.597. The van der Waals surface area contributed by atoms with E-state index >= 15 is 0 Å². The van der Waals surface area contributed by atoms with E-state index in [2.05, 4.69) is 0 Å². The molecule has 0 N–H and O–H groups in total. The first-order valence-corrected chi connectivity index (χ1v) is 5.40. The largest absolute Gasteiger partial charge is 0.301 e. The van der Waals surface area contributed by atoms with Crippen molar-refractivity contribution in [1.29, 1.82) is 5.26 Å². The van der Waals surface area contributed by atoms with Crippen LogP contribution >= 0.6 is 11.6 Å². The van der Waals surface area contributed by atoms with Gasteiger partial charge in [0.25, 0.3) is 5.69 Å². The summed E-state index contributed by atoms with van der Waals surface area (Å²) in [6, 6.07) is 6.41. The molecule has 5 nitrogen and oxygen atoms in total. The Morgan fingerprint density at radius 1 is 1.59 bits per heavy atom. The molecule has 0 spiro atoms. The van der Waals surface area contributed by atoms with Crippen molar-refractivity contribution in [2.24, 2.45) is 0 Å². The van der Waals surface area contributed by atoms with Crippen LogP contribution in [0.1, 0.15) is 12.0 Å². The molecule has 0 bridgehead atoms. The van der Waals surface area contributed by atoms with Gasteiger partial charge in [-0.2, -0.15) is 5.26 Å². The Balaban J connectivity index is 2.79. The Hall–Kier alpha value is -1.64. The molecule has 0 heterocycles. The lowest BCUT2D eigenvalue weighted by Gasteiger charge is -2.15. The molecule has 0 saturated heterocycles. The highest BCUT2D eigenvalue weighted by atomic mass is 35.5. The first-order valence-electron chi connectivity index (χ1n) is 5.03. The zero-order valence-electron chi connectivity index (χ0n) is 9.39. The molecule has 0 aromatic heterocycles. The van der Waals surface area contributed by atoms with E-state index in [1.807, 2.05) is 18.0 Å². The number of benzene rings is 1. The van der Waals surface area contributed by atoms with Crippen LogP contribution in [0.2, 0.25) is 5.02 Å². The fourth-order valence-electron chi connectivity index (χ4n) is 1.41. The van der Waals surface area contributed by atoms with Crippen LogP contribution in [-0.4, -0.2) is 23.4 Å². The van der Waals surface area contributed by atoms with E-state index in [0.717, 1.165) is 0 Å². The third-order valence-corrected chi connectivity index (χ3v) is 2.65. The van der Waals surface area contributed by atoms with Crippen molar-refractivity contribution < 1.29 is 4.92 Å². The first kappa shape index (κ1) is 13.4. The molecule has 0 atom stereocenters. The SMILES string of the molecule is CN(CCC#N)Cc1cc([N+](=O)[O-])ccc1Cl. The van der Waals surface area contributed by atoms with Crippen LogP contribution < -0.4 is 0 Å². The number of non-ortho nitro benzene ring substituents is 1. The van der Waals surface area contributed by atoms with Gasteiger partial charge in [0.2, 0.25) is 0 Å². The molecule has 1 aromatic carbocycles. The average molecular weight is 254 g/mol. The van der Waals surface area contributed by atoms with Gasteiger partial charge in [-0.15, -0.1) is 0 Å². The van der Waals surface area contributed by atoms with Crippen LogP contribution in [0.3, 0.4) is 0 Å². The highest BCUT2D eigenvalue weighted by Gasteiger charge is 2.11. The van der Waals surface area contributed by atoms with Crippen LogP contribution in [0.25, 0.3) is 0 Å². The second kappa shape index (κ2) is 6.18. The van der Waals surface area contributed by atoms with Gasteiger partial charge in [-0.3, -0.25) is 10.1 Å². The number of hydrogen-bond acceptors (Lipinski definition) is 4. The summed E-state index contributed by atoms with van der Waals surface area (Å²) < 4.78 is 0. The zero-order valence-corrected chi connectivity index (χ0v) is 10.1. The van der Waals surface area contributed by atoms with Gasteiger partial charge < -0.3 is 4.90 Å². The maximum absolute atomic E-state index is 10.6. The van der Waals surface area contributed by atoms with Crippen molar-refractivity contribution in [3.8, 4) is 6.07 Å². The average Bonchev–Trinajstić information content (AvgIpc) is 2.29. The number of nitrogens with zero attached hydrogens (tertiary/aromatic N) is 3. The summed E-state index contributed by atoms with van der Waals surface area (Å²) in [6.45, 7) is 1.09. The topological polar surface area (TPSA) is 70.2 Å². The summed E-state index contributed by atoms with van der Waals surface area (Å²) in [4.78, 5) is 12.1. The molecule has 17 heavy (non-hydrogen) atoms. The van der Waals surface area contributed by atoms with Gasteiger partial charge >= 0.3 is 0 Å². The van der Waals surface area contributed by atoms with Crippen molar-refractivity contribution in [2.75, 3.05) is 13.6 Å². The number of nitro groups is 1. The Labute approximate surface area is 104 Å². The van der Waals surface area contributed by atoms with E-state index in [0.29, 0.717) is 30.1 Å². The fourth-order valence-corrected chi connectivity index (χ4v) is 1.58. The standard InChI is InChI=1S/C11H12ClN3O2/c1-14(6-2-5-13)8-9-7-10(15(16)17)3-4-11(9)12/h3-4,7H,2,6,8H2,1H3. The van der Waals surface area contributed by atoms with Crippen molar-refractivity contribution in [2.45, 2.75) is 13.0 Å². The van der Waals surface area contributed by atoms with E-state index in [9.17, 15) is 10.1 Å². The lowest BCUT2D eigenvalue weighted by atomic mass is 10.2. The highest BCUT2D eigenvalue weighted by molar-refractivity contribution is 6.31. The maximum atomic E-state index is 10.6. The normalized spacial score (nSPS) is 10.2. The van der Waals surface area contributed by atoms with Crippen molar-refractivity contribution >= 4 is 17.3 Å². The predicted molar refractivity (Wildman–Crippen MR) is 64.7 cm³/mol. The van der Waals surface area contributed by atoms with Gasteiger partial charge in [-0.05, 0) is 18.7 Å². The second-order valence-electron chi connectivity index (χ2n) is 3.68. The van der Waals surface area contributed by atoms with Crippen LogP contribution in [0.4, 0.5) is 5.69 Å². The molecule has 1 aromatic rings. The Kier molecular flexibility index (Phi) is 4.88.